The third kappa shape index (κ3) is 3.04. The average molecular weight is 399 g/mol. The number of carbonyl (C=O) groups excluding carboxylic acids is 1. The minimum Gasteiger partial charge on any atom is -0.477 e. The molecule has 0 saturated heterocycles. The molecule has 1 aliphatic heterocycles. The number of nitrogens with two attached hydrogens (primary N) is 1. The number of hydrogen-bond acceptors (Lipinski definition) is 5. The number of fused-ring (bicyclic) bond motifs is 2. The van der Waals surface area contributed by atoms with E-state index in [2.05, 4.69) is 22.4 Å². The van der Waals surface area contributed by atoms with Crippen LogP contribution in [0.15, 0.2) is 54.6 Å². The number of carbonyl (C=O) groups is 1. The van der Waals surface area contributed by atoms with Gasteiger partial charge in [-0.05, 0) is 30.7 Å². The number of amides is 1. The second kappa shape index (κ2) is 7.18. The van der Waals surface area contributed by atoms with E-state index in [1.165, 1.54) is 5.56 Å². The van der Waals surface area contributed by atoms with Gasteiger partial charge in [0.25, 0.3) is 0 Å². The molecule has 1 amide bonds. The standard InChI is InChI=1S/C23H21N5O2/c1-14-12-18-16(20(24)29)8-5-9-19(18)28(14)23-26-21(17-10-11-30-22(17)27-23)25-13-15-6-3-2-4-7-15/h2-9,12H,10-11,13H2,1H3,(H2,24,29)(H,25,26,27). The monoisotopic (exact) mass is 399 g/mol. The predicted octanol–water partition coefficient (Wildman–Crippen LogP) is 3.37. The molecular formula is C23H21N5O2. The summed E-state index contributed by atoms with van der Waals surface area (Å²) < 4.78 is 7.69. The summed E-state index contributed by atoms with van der Waals surface area (Å²) in [5.41, 5.74) is 9.93. The van der Waals surface area contributed by atoms with Crippen LogP contribution < -0.4 is 15.8 Å². The maximum atomic E-state index is 11.9. The Morgan fingerprint density at radius 1 is 1.17 bits per heavy atom. The number of nitrogens with zero attached hydrogens (tertiary/aromatic N) is 3. The third-order valence-electron chi connectivity index (χ3n) is 5.35. The first-order valence-electron chi connectivity index (χ1n) is 9.84. The van der Waals surface area contributed by atoms with Crippen molar-refractivity contribution in [2.75, 3.05) is 11.9 Å². The van der Waals surface area contributed by atoms with Crippen molar-refractivity contribution in [3.8, 4) is 11.8 Å². The number of benzene rings is 2. The Labute approximate surface area is 173 Å². The summed E-state index contributed by atoms with van der Waals surface area (Å²) in [5, 5.41) is 4.23. The first kappa shape index (κ1) is 18.2. The Kier molecular flexibility index (Phi) is 4.35. The topological polar surface area (TPSA) is 95.1 Å². The van der Waals surface area contributed by atoms with Crippen molar-refractivity contribution in [3.05, 3.63) is 77.0 Å². The fourth-order valence-electron chi connectivity index (χ4n) is 3.92. The molecule has 1 aliphatic rings. The average Bonchev–Trinajstić information content (AvgIpc) is 3.35. The van der Waals surface area contributed by atoms with Gasteiger partial charge in [-0.2, -0.15) is 9.97 Å². The van der Waals surface area contributed by atoms with Gasteiger partial charge in [0.1, 0.15) is 5.82 Å². The lowest BCUT2D eigenvalue weighted by molar-refractivity contribution is 0.100. The first-order chi connectivity index (χ1) is 14.6. The smallest absolute Gasteiger partial charge is 0.249 e. The summed E-state index contributed by atoms with van der Waals surface area (Å²) in [6.07, 6.45) is 0.768. The predicted molar refractivity (Wildman–Crippen MR) is 115 cm³/mol. The van der Waals surface area contributed by atoms with E-state index in [1.807, 2.05) is 47.9 Å². The Hall–Kier alpha value is -3.87. The lowest BCUT2D eigenvalue weighted by Crippen LogP contribution is -2.11. The number of rotatable bonds is 5. The molecule has 2 aromatic carbocycles. The normalized spacial score (nSPS) is 12.6. The maximum absolute atomic E-state index is 11.9. The summed E-state index contributed by atoms with van der Waals surface area (Å²) in [6.45, 7) is 3.20. The molecule has 0 unspecified atom stereocenters. The van der Waals surface area contributed by atoms with Gasteiger partial charge in [0.05, 0.1) is 17.7 Å². The molecule has 30 heavy (non-hydrogen) atoms. The van der Waals surface area contributed by atoms with Crippen molar-refractivity contribution < 1.29 is 9.53 Å². The van der Waals surface area contributed by atoms with Crippen LogP contribution in [0.2, 0.25) is 0 Å². The molecule has 0 radical (unpaired) electrons. The fourth-order valence-corrected chi connectivity index (χ4v) is 3.92. The van der Waals surface area contributed by atoms with E-state index in [4.69, 9.17) is 15.5 Å². The van der Waals surface area contributed by atoms with Crippen molar-refractivity contribution >= 4 is 22.6 Å². The van der Waals surface area contributed by atoms with Crippen LogP contribution in [0, 0.1) is 6.92 Å². The molecule has 3 heterocycles. The molecule has 0 bridgehead atoms. The van der Waals surface area contributed by atoms with E-state index >= 15 is 0 Å². The van der Waals surface area contributed by atoms with Gasteiger partial charge < -0.3 is 15.8 Å². The summed E-state index contributed by atoms with van der Waals surface area (Å²) >= 11 is 0. The largest absolute Gasteiger partial charge is 0.477 e. The molecule has 2 aromatic heterocycles. The molecule has 7 heteroatoms. The Bertz CT molecular complexity index is 1260. The Morgan fingerprint density at radius 2 is 2.00 bits per heavy atom. The number of aryl methyl sites for hydroxylation is 1. The molecule has 150 valence electrons. The summed E-state index contributed by atoms with van der Waals surface area (Å²) in [5.74, 6) is 1.41. The van der Waals surface area contributed by atoms with Crippen LogP contribution in [0.3, 0.4) is 0 Å². The first-order valence-corrected chi connectivity index (χ1v) is 9.84. The zero-order valence-corrected chi connectivity index (χ0v) is 16.6. The SMILES string of the molecule is Cc1cc2c(C(N)=O)cccc2n1-c1nc(NCc2ccccc2)c2c(n1)OCC2. The minimum atomic E-state index is -0.457. The van der Waals surface area contributed by atoms with Gasteiger partial charge in [-0.15, -0.1) is 0 Å². The molecule has 3 N–H and O–H groups in total. The van der Waals surface area contributed by atoms with Crippen molar-refractivity contribution in [2.24, 2.45) is 5.73 Å². The van der Waals surface area contributed by atoms with Crippen molar-refractivity contribution in [1.29, 1.82) is 0 Å². The van der Waals surface area contributed by atoms with E-state index in [0.29, 0.717) is 30.5 Å². The van der Waals surface area contributed by atoms with Gasteiger partial charge in [0.15, 0.2) is 0 Å². The van der Waals surface area contributed by atoms with Crippen LogP contribution in [0.1, 0.15) is 27.2 Å². The van der Waals surface area contributed by atoms with E-state index in [9.17, 15) is 4.79 Å². The Morgan fingerprint density at radius 3 is 2.80 bits per heavy atom. The fraction of sp³-hybridized carbons (Fsp3) is 0.174. The molecule has 7 nitrogen and oxygen atoms in total. The highest BCUT2D eigenvalue weighted by atomic mass is 16.5. The molecule has 0 spiro atoms. The summed E-state index contributed by atoms with van der Waals surface area (Å²) in [4.78, 5) is 21.4. The highest BCUT2D eigenvalue weighted by Crippen LogP contribution is 2.32. The third-order valence-corrected chi connectivity index (χ3v) is 5.35. The molecule has 4 aromatic rings. The lowest BCUT2D eigenvalue weighted by atomic mass is 10.1. The summed E-state index contributed by atoms with van der Waals surface area (Å²) in [6, 6.07) is 17.6. The number of ether oxygens (including phenoxy) is 1. The van der Waals surface area contributed by atoms with Crippen molar-refractivity contribution in [1.82, 2.24) is 14.5 Å². The van der Waals surface area contributed by atoms with Crippen molar-refractivity contribution in [2.45, 2.75) is 19.9 Å². The number of hydrogen-bond donors (Lipinski definition) is 2. The maximum Gasteiger partial charge on any atom is 0.249 e. The van der Waals surface area contributed by atoms with Gasteiger partial charge in [-0.1, -0.05) is 36.4 Å². The lowest BCUT2D eigenvalue weighted by Gasteiger charge is -2.13. The number of anilines is 1. The molecule has 0 saturated carbocycles. The van der Waals surface area contributed by atoms with E-state index in [-0.39, 0.29) is 0 Å². The van der Waals surface area contributed by atoms with Gasteiger partial charge in [0.2, 0.25) is 17.7 Å². The van der Waals surface area contributed by atoms with Gasteiger partial charge in [0, 0.05) is 29.6 Å². The highest BCUT2D eigenvalue weighted by Gasteiger charge is 2.23. The zero-order chi connectivity index (χ0) is 20.7. The second-order valence-electron chi connectivity index (χ2n) is 7.32. The van der Waals surface area contributed by atoms with Crippen LogP contribution in [-0.4, -0.2) is 27.0 Å². The minimum absolute atomic E-state index is 0.457. The second-order valence-corrected chi connectivity index (χ2v) is 7.32. The van der Waals surface area contributed by atoms with E-state index in [1.54, 1.807) is 6.07 Å². The molecule has 0 aliphatic carbocycles. The van der Waals surface area contributed by atoms with E-state index in [0.717, 1.165) is 34.4 Å². The Balaban J connectivity index is 1.61. The van der Waals surface area contributed by atoms with Gasteiger partial charge >= 0.3 is 0 Å². The number of primary amides is 1. The molecule has 5 rings (SSSR count). The van der Waals surface area contributed by atoms with Gasteiger partial charge in [-0.3, -0.25) is 9.36 Å². The highest BCUT2D eigenvalue weighted by molar-refractivity contribution is 6.06. The molecule has 0 atom stereocenters. The van der Waals surface area contributed by atoms with Gasteiger partial charge in [-0.25, -0.2) is 0 Å². The van der Waals surface area contributed by atoms with Crippen LogP contribution in [0.4, 0.5) is 5.82 Å². The number of nitrogens with one attached hydrogen (secondary N) is 1. The van der Waals surface area contributed by atoms with Crippen molar-refractivity contribution in [3.63, 3.8) is 0 Å². The molecule has 0 fully saturated rings. The van der Waals surface area contributed by atoms with Crippen LogP contribution in [0.5, 0.6) is 5.88 Å². The van der Waals surface area contributed by atoms with Crippen LogP contribution >= 0.6 is 0 Å². The van der Waals surface area contributed by atoms with E-state index < -0.39 is 5.91 Å². The molecular weight excluding hydrogens is 378 g/mol. The zero-order valence-electron chi connectivity index (χ0n) is 16.6. The van der Waals surface area contributed by atoms with Crippen LogP contribution in [0.25, 0.3) is 16.9 Å². The number of aromatic nitrogens is 3. The van der Waals surface area contributed by atoms with Crippen LogP contribution in [-0.2, 0) is 13.0 Å². The summed E-state index contributed by atoms with van der Waals surface area (Å²) in [7, 11) is 0. The quantitative estimate of drug-likeness (QED) is 0.536.